The van der Waals surface area contributed by atoms with Crippen molar-refractivity contribution in [2.45, 2.75) is 0 Å². The van der Waals surface area contributed by atoms with Gasteiger partial charge in [0, 0.05) is 7.05 Å². The Morgan fingerprint density at radius 3 is 1.25 bits per heavy atom. The zero-order valence-corrected chi connectivity index (χ0v) is 9.52. The molecular weight excluding hydrogens is 250 g/mol. The van der Waals surface area contributed by atoms with Crippen molar-refractivity contribution in [3.05, 3.63) is 0 Å². The number of carbonyl (C=O) groups is 2. The lowest BCUT2D eigenvalue weighted by atomic mass is 11.2. The number of nitrogens with one attached hydrogen (secondary N) is 1. The highest BCUT2D eigenvalue weighted by Gasteiger charge is 1.77. The lowest BCUT2D eigenvalue weighted by molar-refractivity contribution is 0.261. The Kier molecular flexibility index (Phi) is 42.7. The van der Waals surface area contributed by atoms with E-state index in [2.05, 4.69) is 34.3 Å². The molecule has 8 heteroatoms. The van der Waals surface area contributed by atoms with E-state index in [1.165, 1.54) is 14.1 Å². The van der Waals surface area contributed by atoms with Crippen LogP contribution in [-0.4, -0.2) is 24.2 Å². The Labute approximate surface area is 92.1 Å². The fourth-order valence-electron chi connectivity index (χ4n) is 0. The van der Waals surface area contributed by atoms with Crippen molar-refractivity contribution in [1.29, 1.82) is 0 Å². The molecule has 0 aliphatic rings. The zero-order valence-electron chi connectivity index (χ0n) is 6.44. The number of halogens is 4. The maximum Gasteiger partial charge on any atom is 0.313 e. The van der Waals surface area contributed by atoms with E-state index >= 15 is 0 Å². The Balaban J connectivity index is -0.0000000419. The first-order chi connectivity index (χ1) is 5.00. The highest BCUT2D eigenvalue weighted by atomic mass is 35.5. The van der Waals surface area contributed by atoms with E-state index in [0.717, 1.165) is 0 Å². The molecule has 12 heavy (non-hydrogen) atoms. The fraction of sp³-hybridized carbons (Fsp3) is 0.500. The van der Waals surface area contributed by atoms with Gasteiger partial charge in [0.15, 0.2) is 0 Å². The van der Waals surface area contributed by atoms with Crippen molar-refractivity contribution in [3.63, 3.8) is 0 Å². The molecule has 0 aliphatic heterocycles. The maximum absolute atomic E-state index is 9.47. The molecule has 4 nitrogen and oxygen atoms in total. The van der Waals surface area contributed by atoms with Gasteiger partial charge >= 0.3 is 10.1 Å². The van der Waals surface area contributed by atoms with Crippen LogP contribution in [0.5, 0.6) is 0 Å². The Morgan fingerprint density at radius 1 is 1.17 bits per heavy atom. The van der Waals surface area contributed by atoms with Gasteiger partial charge in [-0.25, -0.2) is 0 Å². The first kappa shape index (κ1) is 22.8. The fourth-order valence-corrected chi connectivity index (χ4v) is 0. The molecular formula is C4H10Cl4N2O2. The van der Waals surface area contributed by atoms with Gasteiger partial charge in [-0.05, 0) is 41.9 Å². The van der Waals surface area contributed by atoms with Crippen LogP contribution in [0, 0.1) is 0 Å². The molecule has 0 radical (unpaired) electrons. The van der Waals surface area contributed by atoms with Crippen LogP contribution in [0.25, 0.3) is 0 Å². The van der Waals surface area contributed by atoms with E-state index in [1.807, 2.05) is 0 Å². The summed E-state index contributed by atoms with van der Waals surface area (Å²) in [4.78, 5) is 18.4. The van der Waals surface area contributed by atoms with E-state index in [4.69, 9.17) is 16.4 Å². The molecule has 1 amide bonds. The van der Waals surface area contributed by atoms with Crippen LogP contribution in [0.1, 0.15) is 0 Å². The topological polar surface area (TPSA) is 72.2 Å². The molecule has 76 valence electrons. The summed E-state index contributed by atoms with van der Waals surface area (Å²) in [5.74, 6) is 0. The van der Waals surface area contributed by atoms with Crippen molar-refractivity contribution >= 4 is 57.3 Å². The van der Waals surface area contributed by atoms with Gasteiger partial charge in [-0.2, -0.15) is 0 Å². The van der Waals surface area contributed by atoms with E-state index in [0.29, 0.717) is 0 Å². The van der Waals surface area contributed by atoms with Crippen LogP contribution < -0.4 is 11.1 Å². The molecule has 0 aromatic rings. The third kappa shape index (κ3) is 172. The van der Waals surface area contributed by atoms with Gasteiger partial charge in [0.1, 0.15) is 0 Å². The summed E-state index contributed by atoms with van der Waals surface area (Å²) < 4.78 is -0.889. The summed E-state index contributed by atoms with van der Waals surface area (Å²) in [5.41, 5.74) is 4.50. The number of rotatable bonds is 0. The molecule has 0 aromatic heterocycles. The maximum atomic E-state index is 9.47. The first-order valence-electron chi connectivity index (χ1n) is 2.30. The minimum Gasteiger partial charge on any atom is -0.346 e. The molecule has 0 unspecified atom stereocenters. The van der Waals surface area contributed by atoms with Gasteiger partial charge in [-0.3, -0.25) is 9.59 Å². The van der Waals surface area contributed by atoms with E-state index < -0.39 is 10.1 Å². The molecule has 3 N–H and O–H groups in total. The van der Waals surface area contributed by atoms with Crippen molar-refractivity contribution in [2.75, 3.05) is 14.1 Å². The number of hydrogen-bond donors (Lipinski definition) is 2. The van der Waals surface area contributed by atoms with Gasteiger partial charge in [0.05, 0.1) is 0 Å². The lowest BCUT2D eigenvalue weighted by Gasteiger charge is -1.76. The number of amides is 1. The van der Waals surface area contributed by atoms with Crippen LogP contribution in [-0.2, 0) is 0 Å². The highest BCUT2D eigenvalue weighted by molar-refractivity contribution is 6.93. The average molecular weight is 260 g/mol. The number of carbonyl (C=O) groups excluding carboxylic acids is 2. The van der Waals surface area contributed by atoms with Crippen LogP contribution in [0.15, 0.2) is 0 Å². The summed E-state index contributed by atoms with van der Waals surface area (Å²) >= 11 is 13.5. The summed E-state index contributed by atoms with van der Waals surface area (Å²) in [6, 6.07) is 0. The summed E-state index contributed by atoms with van der Waals surface area (Å²) in [7, 11) is 2.97. The van der Waals surface area contributed by atoms with E-state index in [1.54, 1.807) is 0 Å². The third-order valence-electron chi connectivity index (χ3n) is 0.197. The Morgan fingerprint density at radius 2 is 1.25 bits per heavy atom. The van der Waals surface area contributed by atoms with Crippen LogP contribution in [0.2, 0.25) is 0 Å². The normalized spacial score (nSPS) is 5.50. The molecule has 0 fully saturated rings. The first-order valence-corrected chi connectivity index (χ1v) is 3.44. The number of nitrogens with two attached hydrogens (primary N) is 1. The molecule has 0 saturated heterocycles. The molecule has 0 aliphatic carbocycles. The van der Waals surface area contributed by atoms with Gasteiger partial charge in [0.2, 0.25) is 0 Å². The molecule has 0 aromatic carbocycles. The molecule has 0 spiro atoms. The van der Waals surface area contributed by atoms with Crippen LogP contribution >= 0.6 is 47.2 Å². The Hall–Kier alpha value is 0.260. The molecule has 0 atom stereocenters. The smallest absolute Gasteiger partial charge is 0.313 e. The van der Waals surface area contributed by atoms with Crippen LogP contribution in [0.4, 0.5) is 9.59 Å². The molecule has 0 saturated carbocycles. The second-order valence-corrected chi connectivity index (χ2v) is 1.97. The molecule has 0 heterocycles. The minimum atomic E-state index is -0.889. The standard InChI is InChI=1S/C2H4ClNO.CCl2O.CH5N.ClH/c1-4-2(3)5;2-1(3)4;1-2;/h1H3,(H,4,5);;2H2,1H3;1H. The number of hydrogen-bond acceptors (Lipinski definition) is 3. The van der Waals surface area contributed by atoms with Gasteiger partial charge < -0.3 is 11.1 Å². The van der Waals surface area contributed by atoms with E-state index in [9.17, 15) is 4.79 Å². The third-order valence-corrected chi connectivity index (χ3v) is 0.386. The van der Waals surface area contributed by atoms with Crippen molar-refractivity contribution < 1.29 is 9.59 Å². The lowest BCUT2D eigenvalue weighted by Crippen LogP contribution is -2.06. The largest absolute Gasteiger partial charge is 0.346 e. The van der Waals surface area contributed by atoms with Gasteiger partial charge in [-0.1, -0.05) is 0 Å². The summed E-state index contributed by atoms with van der Waals surface area (Å²) in [5, 5.41) is 1.63. The highest BCUT2D eigenvalue weighted by Crippen LogP contribution is 1.84. The predicted molar refractivity (Wildman–Crippen MR) is 54.8 cm³/mol. The van der Waals surface area contributed by atoms with Gasteiger partial charge in [-0.15, -0.1) is 12.4 Å². The van der Waals surface area contributed by atoms with E-state index in [-0.39, 0.29) is 12.4 Å². The second-order valence-electron chi connectivity index (χ2n) is 0.749. The molecule has 0 rings (SSSR count). The quantitative estimate of drug-likeness (QED) is 0.517. The zero-order chi connectivity index (χ0) is 9.86. The van der Waals surface area contributed by atoms with Crippen molar-refractivity contribution in [1.82, 2.24) is 5.32 Å². The van der Waals surface area contributed by atoms with Gasteiger partial charge in [0.25, 0.3) is 0 Å². The van der Waals surface area contributed by atoms with Crippen molar-refractivity contribution in [3.8, 4) is 0 Å². The van der Waals surface area contributed by atoms with Crippen molar-refractivity contribution in [2.24, 2.45) is 5.73 Å². The second kappa shape index (κ2) is 22.5. The SMILES string of the molecule is CN.CNC(=O)Cl.Cl.O=C(Cl)Cl. The minimum absolute atomic E-state index is 0. The average Bonchev–Trinajstić information content (AvgIpc) is 1.91. The monoisotopic (exact) mass is 258 g/mol. The molecule has 0 bridgehead atoms. The summed E-state index contributed by atoms with van der Waals surface area (Å²) in [6.45, 7) is 0. The predicted octanol–water partition coefficient (Wildman–Crippen LogP) is 2.15. The summed E-state index contributed by atoms with van der Waals surface area (Å²) in [6.07, 6.45) is 0. The Bertz CT molecular complexity index is 107. The van der Waals surface area contributed by atoms with Crippen LogP contribution in [0.3, 0.4) is 0 Å².